The molecule has 0 spiro atoms. The first-order valence-corrected chi connectivity index (χ1v) is 6.96. The summed E-state index contributed by atoms with van der Waals surface area (Å²) in [5.41, 5.74) is 3.82. The Balaban J connectivity index is 1.86. The topological polar surface area (TPSA) is 113 Å². The van der Waals surface area contributed by atoms with E-state index >= 15 is 0 Å². The van der Waals surface area contributed by atoms with Crippen molar-refractivity contribution in [1.82, 2.24) is 10.4 Å². The van der Waals surface area contributed by atoms with Crippen LogP contribution in [0.5, 0.6) is 0 Å². The molecule has 1 aromatic carbocycles. The van der Waals surface area contributed by atoms with Crippen molar-refractivity contribution in [3.8, 4) is 0 Å². The van der Waals surface area contributed by atoms with Crippen molar-refractivity contribution < 1.29 is 14.4 Å². The normalized spacial score (nSPS) is 10.2. The zero-order valence-corrected chi connectivity index (χ0v) is 12.8. The van der Waals surface area contributed by atoms with Crippen LogP contribution in [-0.2, 0) is 14.4 Å². The average Bonchev–Trinajstić information content (AvgIpc) is 2.57. The molecule has 8 nitrogen and oxygen atoms in total. The van der Waals surface area contributed by atoms with Gasteiger partial charge in [0, 0.05) is 36.3 Å². The van der Waals surface area contributed by atoms with Crippen LogP contribution >= 0.6 is 0 Å². The second-order valence-electron chi connectivity index (χ2n) is 4.70. The van der Waals surface area contributed by atoms with E-state index in [0.29, 0.717) is 16.9 Å². The molecular weight excluding hydrogens is 310 g/mol. The molecule has 0 bridgehead atoms. The van der Waals surface area contributed by atoms with E-state index in [4.69, 9.17) is 0 Å². The molecule has 8 heteroatoms. The van der Waals surface area contributed by atoms with Gasteiger partial charge in [0.2, 0.25) is 5.91 Å². The molecule has 2 rings (SSSR count). The van der Waals surface area contributed by atoms with E-state index in [-0.39, 0.29) is 5.91 Å². The minimum absolute atomic E-state index is 0.197. The number of rotatable bonds is 4. The summed E-state index contributed by atoms with van der Waals surface area (Å²) < 4.78 is 0. The van der Waals surface area contributed by atoms with E-state index in [9.17, 15) is 14.4 Å². The van der Waals surface area contributed by atoms with Crippen LogP contribution in [0, 0.1) is 0 Å². The molecule has 122 valence electrons. The molecule has 0 atom stereocenters. The van der Waals surface area contributed by atoms with Crippen molar-refractivity contribution in [3.63, 3.8) is 0 Å². The zero-order chi connectivity index (χ0) is 17.4. The number of benzene rings is 1. The number of carbonyl (C=O) groups is 3. The van der Waals surface area contributed by atoms with Crippen LogP contribution < -0.4 is 16.1 Å². The number of nitrogens with one attached hydrogen (secondary N) is 3. The summed E-state index contributed by atoms with van der Waals surface area (Å²) in [4.78, 5) is 38.2. The molecule has 0 saturated carbocycles. The smallest absolute Gasteiger partial charge is 0.326 e. The molecule has 1 heterocycles. The highest BCUT2D eigenvalue weighted by Crippen LogP contribution is 2.13. The molecule has 0 radical (unpaired) electrons. The Morgan fingerprint density at radius 3 is 2.25 bits per heavy atom. The van der Waals surface area contributed by atoms with Crippen LogP contribution in [0.1, 0.15) is 12.5 Å². The minimum atomic E-state index is -0.902. The summed E-state index contributed by atoms with van der Waals surface area (Å²) in [7, 11) is 0. The van der Waals surface area contributed by atoms with Gasteiger partial charge in [-0.05, 0) is 30.3 Å². The summed E-state index contributed by atoms with van der Waals surface area (Å²) in [6, 6.07) is 9.82. The molecule has 24 heavy (non-hydrogen) atoms. The van der Waals surface area contributed by atoms with Crippen molar-refractivity contribution in [2.75, 3.05) is 10.6 Å². The van der Waals surface area contributed by atoms with Crippen LogP contribution in [-0.4, -0.2) is 28.9 Å². The van der Waals surface area contributed by atoms with Crippen molar-refractivity contribution in [1.29, 1.82) is 0 Å². The van der Waals surface area contributed by atoms with Gasteiger partial charge < -0.3 is 10.6 Å². The molecule has 0 fully saturated rings. The molecule has 0 aliphatic carbocycles. The number of amides is 3. The molecule has 3 amide bonds. The second kappa shape index (κ2) is 8.18. The highest BCUT2D eigenvalue weighted by molar-refractivity contribution is 6.39. The van der Waals surface area contributed by atoms with Crippen LogP contribution in [0.4, 0.5) is 11.4 Å². The maximum atomic E-state index is 11.7. The third-order valence-electron chi connectivity index (χ3n) is 2.73. The molecule has 0 aliphatic heterocycles. The number of hydrogen-bond acceptors (Lipinski definition) is 5. The van der Waals surface area contributed by atoms with Gasteiger partial charge in [0.15, 0.2) is 0 Å². The molecule has 2 aromatic rings. The fourth-order valence-corrected chi connectivity index (χ4v) is 1.70. The van der Waals surface area contributed by atoms with Crippen LogP contribution in [0.25, 0.3) is 0 Å². The number of anilines is 2. The lowest BCUT2D eigenvalue weighted by Gasteiger charge is -2.06. The molecular formula is C16H15N5O3. The van der Waals surface area contributed by atoms with Gasteiger partial charge in [-0.3, -0.25) is 19.4 Å². The summed E-state index contributed by atoms with van der Waals surface area (Å²) >= 11 is 0. The fourth-order valence-electron chi connectivity index (χ4n) is 1.70. The predicted octanol–water partition coefficient (Wildman–Crippen LogP) is 1.13. The number of carbonyl (C=O) groups excluding carboxylic acids is 3. The van der Waals surface area contributed by atoms with E-state index in [0.717, 1.165) is 0 Å². The monoisotopic (exact) mass is 325 g/mol. The Bertz CT molecular complexity index is 757. The van der Waals surface area contributed by atoms with Gasteiger partial charge >= 0.3 is 11.8 Å². The molecule has 0 aliphatic rings. The van der Waals surface area contributed by atoms with Gasteiger partial charge in [0.1, 0.15) is 0 Å². The number of aromatic nitrogens is 1. The maximum Gasteiger partial charge on any atom is 0.329 e. The third kappa shape index (κ3) is 5.34. The van der Waals surface area contributed by atoms with Gasteiger partial charge in [-0.1, -0.05) is 6.07 Å². The average molecular weight is 325 g/mol. The van der Waals surface area contributed by atoms with E-state index in [2.05, 4.69) is 26.1 Å². The number of hydrazone groups is 1. The van der Waals surface area contributed by atoms with Gasteiger partial charge in [-0.2, -0.15) is 5.10 Å². The van der Waals surface area contributed by atoms with Gasteiger partial charge in [-0.15, -0.1) is 0 Å². The highest BCUT2D eigenvalue weighted by atomic mass is 16.2. The Hall–Kier alpha value is -3.55. The highest BCUT2D eigenvalue weighted by Gasteiger charge is 2.12. The van der Waals surface area contributed by atoms with E-state index in [1.54, 1.807) is 48.8 Å². The number of pyridine rings is 1. The molecule has 0 unspecified atom stereocenters. The Morgan fingerprint density at radius 1 is 1.00 bits per heavy atom. The van der Waals surface area contributed by atoms with Crippen LogP contribution in [0.15, 0.2) is 53.9 Å². The Labute approximate surface area is 138 Å². The molecule has 3 N–H and O–H groups in total. The van der Waals surface area contributed by atoms with E-state index in [1.165, 1.54) is 13.1 Å². The lowest BCUT2D eigenvalue weighted by atomic mass is 10.2. The number of nitrogens with zero attached hydrogens (tertiary/aromatic N) is 2. The largest absolute Gasteiger partial charge is 0.329 e. The molecule has 1 aromatic heterocycles. The lowest BCUT2D eigenvalue weighted by Crippen LogP contribution is -2.32. The first-order valence-electron chi connectivity index (χ1n) is 6.96. The first kappa shape index (κ1) is 16.8. The minimum Gasteiger partial charge on any atom is -0.326 e. The van der Waals surface area contributed by atoms with Crippen LogP contribution in [0.3, 0.4) is 0 Å². The zero-order valence-electron chi connectivity index (χ0n) is 12.8. The molecule has 0 saturated heterocycles. The summed E-state index contributed by atoms with van der Waals surface area (Å²) in [6.45, 7) is 1.39. The van der Waals surface area contributed by atoms with Gasteiger partial charge in [0.05, 0.1) is 6.21 Å². The predicted molar refractivity (Wildman–Crippen MR) is 89.3 cm³/mol. The van der Waals surface area contributed by atoms with Crippen molar-refractivity contribution >= 4 is 35.3 Å². The first-order chi connectivity index (χ1) is 11.5. The Morgan fingerprint density at radius 2 is 1.67 bits per heavy atom. The maximum absolute atomic E-state index is 11.7. The van der Waals surface area contributed by atoms with Crippen molar-refractivity contribution in [3.05, 3.63) is 54.4 Å². The Kier molecular flexibility index (Phi) is 5.73. The van der Waals surface area contributed by atoms with E-state index in [1.807, 2.05) is 0 Å². The SMILES string of the molecule is CC(=O)Nc1ccc(NC(=O)C(=O)N/N=C\c2cccnc2)cc1. The van der Waals surface area contributed by atoms with Crippen molar-refractivity contribution in [2.45, 2.75) is 6.92 Å². The van der Waals surface area contributed by atoms with Gasteiger partial charge in [0.25, 0.3) is 0 Å². The second-order valence-corrected chi connectivity index (χ2v) is 4.70. The van der Waals surface area contributed by atoms with Gasteiger partial charge in [-0.25, -0.2) is 5.43 Å². The van der Waals surface area contributed by atoms with Crippen molar-refractivity contribution in [2.24, 2.45) is 5.10 Å². The quantitative estimate of drug-likeness (QED) is 0.444. The van der Waals surface area contributed by atoms with E-state index < -0.39 is 11.8 Å². The lowest BCUT2D eigenvalue weighted by molar-refractivity contribution is -0.136. The van der Waals surface area contributed by atoms with Crippen LogP contribution in [0.2, 0.25) is 0 Å². The number of hydrogen-bond donors (Lipinski definition) is 3. The summed E-state index contributed by atoms with van der Waals surface area (Å²) in [5.74, 6) is -1.95. The standard InChI is InChI=1S/C16H15N5O3/c1-11(22)19-13-4-6-14(7-5-13)20-15(23)16(24)21-18-10-12-3-2-8-17-9-12/h2-10H,1H3,(H,19,22)(H,20,23)(H,21,24)/b18-10-. The third-order valence-corrected chi connectivity index (χ3v) is 2.73. The summed E-state index contributed by atoms with van der Waals surface area (Å²) in [5, 5.41) is 8.70. The summed E-state index contributed by atoms with van der Waals surface area (Å²) in [6.07, 6.45) is 4.55. The fraction of sp³-hybridized carbons (Fsp3) is 0.0625.